The fraction of sp³-hybridized carbons (Fsp3) is 0.316. The second-order valence-corrected chi connectivity index (χ2v) is 5.60. The van der Waals surface area contributed by atoms with E-state index in [-0.39, 0.29) is 18.7 Å². The van der Waals surface area contributed by atoms with Gasteiger partial charge in [0.1, 0.15) is 5.75 Å². The fourth-order valence-corrected chi connectivity index (χ4v) is 2.17. The maximum Gasteiger partial charge on any atom is 0.319 e. The van der Waals surface area contributed by atoms with Crippen molar-refractivity contribution in [2.45, 2.75) is 39.5 Å². The van der Waals surface area contributed by atoms with Crippen LogP contribution in [0.3, 0.4) is 0 Å². The summed E-state index contributed by atoms with van der Waals surface area (Å²) in [6.45, 7) is 4.40. The van der Waals surface area contributed by atoms with E-state index < -0.39 is 0 Å². The van der Waals surface area contributed by atoms with Crippen molar-refractivity contribution in [1.82, 2.24) is 5.32 Å². The molecule has 0 bridgehead atoms. The molecule has 0 aromatic heterocycles. The van der Waals surface area contributed by atoms with Crippen molar-refractivity contribution in [1.29, 1.82) is 0 Å². The maximum atomic E-state index is 12.0. The van der Waals surface area contributed by atoms with E-state index in [1.807, 2.05) is 43.3 Å². The highest BCUT2D eigenvalue weighted by molar-refractivity contribution is 5.89. The number of urea groups is 1. The molecule has 24 heavy (non-hydrogen) atoms. The average Bonchev–Trinajstić information content (AvgIpc) is 2.61. The number of aliphatic hydroxyl groups is 1. The Balaban J connectivity index is 1.86. The quantitative estimate of drug-likeness (QED) is 0.726. The van der Waals surface area contributed by atoms with Gasteiger partial charge in [-0.2, -0.15) is 0 Å². The molecule has 0 saturated heterocycles. The second-order valence-electron chi connectivity index (χ2n) is 5.60. The largest absolute Gasteiger partial charge is 0.491 e. The molecule has 0 aliphatic carbocycles. The zero-order valence-corrected chi connectivity index (χ0v) is 14.1. The molecule has 0 fully saturated rings. The minimum atomic E-state index is -0.293. The number of hydrogen-bond acceptors (Lipinski definition) is 3. The summed E-state index contributed by atoms with van der Waals surface area (Å²) < 4.78 is 5.70. The number of rotatable bonds is 7. The summed E-state index contributed by atoms with van der Waals surface area (Å²) in [6.07, 6.45) is 1.11. The van der Waals surface area contributed by atoms with Crippen molar-refractivity contribution in [2.24, 2.45) is 0 Å². The lowest BCUT2D eigenvalue weighted by molar-refractivity contribution is 0.217. The van der Waals surface area contributed by atoms with E-state index in [9.17, 15) is 9.90 Å². The Bertz CT molecular complexity index is 656. The monoisotopic (exact) mass is 328 g/mol. The van der Waals surface area contributed by atoms with Gasteiger partial charge in [-0.1, -0.05) is 31.2 Å². The van der Waals surface area contributed by atoms with Crippen LogP contribution in [0.5, 0.6) is 5.75 Å². The molecule has 5 nitrogen and oxygen atoms in total. The molecule has 1 atom stereocenters. The van der Waals surface area contributed by atoms with Gasteiger partial charge in [0, 0.05) is 12.2 Å². The van der Waals surface area contributed by atoms with Gasteiger partial charge < -0.3 is 20.5 Å². The fourth-order valence-electron chi connectivity index (χ4n) is 2.17. The van der Waals surface area contributed by atoms with Crippen molar-refractivity contribution in [3.8, 4) is 5.75 Å². The summed E-state index contributed by atoms with van der Waals surface area (Å²) >= 11 is 0. The number of carbonyl (C=O) groups is 1. The van der Waals surface area contributed by atoms with E-state index in [0.29, 0.717) is 12.2 Å². The highest BCUT2D eigenvalue weighted by Crippen LogP contribution is 2.17. The zero-order valence-electron chi connectivity index (χ0n) is 14.1. The lowest BCUT2D eigenvalue weighted by Gasteiger charge is -2.13. The Morgan fingerprint density at radius 1 is 1.12 bits per heavy atom. The van der Waals surface area contributed by atoms with Crippen molar-refractivity contribution >= 4 is 11.7 Å². The van der Waals surface area contributed by atoms with Crippen molar-refractivity contribution in [3.63, 3.8) is 0 Å². The predicted octanol–water partition coefficient (Wildman–Crippen LogP) is 3.68. The Hall–Kier alpha value is -2.53. The molecule has 2 amide bonds. The van der Waals surface area contributed by atoms with Gasteiger partial charge in [0.15, 0.2) is 0 Å². The number of ether oxygens (including phenoxy) is 1. The predicted molar refractivity (Wildman–Crippen MR) is 95.0 cm³/mol. The Morgan fingerprint density at radius 3 is 2.42 bits per heavy atom. The molecule has 0 saturated carbocycles. The van der Waals surface area contributed by atoms with E-state index in [1.54, 1.807) is 12.1 Å². The summed E-state index contributed by atoms with van der Waals surface area (Å²) in [5.41, 5.74) is 2.40. The topological polar surface area (TPSA) is 70.6 Å². The lowest BCUT2D eigenvalue weighted by Crippen LogP contribution is -2.28. The summed E-state index contributed by atoms with van der Waals surface area (Å²) in [4.78, 5) is 12.0. The van der Waals surface area contributed by atoms with Crippen molar-refractivity contribution in [3.05, 3.63) is 59.7 Å². The van der Waals surface area contributed by atoms with Crippen LogP contribution in [0.2, 0.25) is 0 Å². The molecule has 1 unspecified atom stereocenters. The molecular formula is C19H24N2O3. The molecule has 0 radical (unpaired) electrons. The van der Waals surface area contributed by atoms with Crippen LogP contribution in [0.1, 0.15) is 31.4 Å². The summed E-state index contributed by atoms with van der Waals surface area (Å²) in [5, 5.41) is 14.8. The van der Waals surface area contributed by atoms with E-state index in [2.05, 4.69) is 17.6 Å². The van der Waals surface area contributed by atoms with Crippen LogP contribution in [-0.2, 0) is 13.2 Å². The van der Waals surface area contributed by atoms with Crippen LogP contribution in [0.4, 0.5) is 10.5 Å². The zero-order chi connectivity index (χ0) is 17.4. The minimum absolute atomic E-state index is 0.0445. The van der Waals surface area contributed by atoms with Crippen LogP contribution < -0.4 is 15.4 Å². The number of benzene rings is 2. The normalized spacial score (nSPS) is 11.6. The van der Waals surface area contributed by atoms with Crippen molar-refractivity contribution < 1.29 is 14.6 Å². The van der Waals surface area contributed by atoms with Crippen LogP contribution in [-0.4, -0.2) is 17.2 Å². The van der Waals surface area contributed by atoms with Crippen LogP contribution in [0, 0.1) is 0 Å². The maximum absolute atomic E-state index is 12.0. The minimum Gasteiger partial charge on any atom is -0.491 e. The van der Waals surface area contributed by atoms with Gasteiger partial charge in [-0.25, -0.2) is 4.79 Å². The third-order valence-corrected chi connectivity index (χ3v) is 3.75. The van der Waals surface area contributed by atoms with Gasteiger partial charge in [0.2, 0.25) is 0 Å². The highest BCUT2D eigenvalue weighted by atomic mass is 16.5. The number of amides is 2. The number of carbonyl (C=O) groups excluding carboxylic acids is 1. The first kappa shape index (κ1) is 17.8. The van der Waals surface area contributed by atoms with E-state index in [4.69, 9.17) is 4.74 Å². The molecular weight excluding hydrogens is 304 g/mol. The lowest BCUT2D eigenvalue weighted by atomic mass is 10.1. The van der Waals surface area contributed by atoms with Gasteiger partial charge >= 0.3 is 6.03 Å². The van der Waals surface area contributed by atoms with E-state index >= 15 is 0 Å². The molecule has 0 heterocycles. The second kappa shape index (κ2) is 8.93. The van der Waals surface area contributed by atoms with Crippen LogP contribution in [0.25, 0.3) is 0 Å². The molecule has 0 aliphatic rings. The summed E-state index contributed by atoms with van der Waals surface area (Å²) in [7, 11) is 0. The van der Waals surface area contributed by atoms with Gasteiger partial charge in [0.25, 0.3) is 0 Å². The smallest absolute Gasteiger partial charge is 0.319 e. The van der Waals surface area contributed by atoms with Crippen LogP contribution >= 0.6 is 0 Å². The first-order valence-electron chi connectivity index (χ1n) is 8.11. The number of anilines is 1. The first-order valence-corrected chi connectivity index (χ1v) is 8.11. The molecule has 128 valence electrons. The Kier molecular flexibility index (Phi) is 6.63. The van der Waals surface area contributed by atoms with Gasteiger partial charge in [-0.05, 0) is 48.7 Å². The van der Waals surface area contributed by atoms with Crippen molar-refractivity contribution in [2.75, 3.05) is 5.32 Å². The molecule has 3 N–H and O–H groups in total. The number of aliphatic hydroxyl groups excluding tert-OH is 1. The SMILES string of the molecule is CCC(C)Oc1ccc(NC(=O)NCc2ccccc2CO)cc1. The van der Waals surface area contributed by atoms with E-state index in [1.165, 1.54) is 0 Å². The van der Waals surface area contributed by atoms with E-state index in [0.717, 1.165) is 23.3 Å². The van der Waals surface area contributed by atoms with Gasteiger partial charge in [0.05, 0.1) is 12.7 Å². The first-order chi connectivity index (χ1) is 11.6. The number of nitrogens with one attached hydrogen (secondary N) is 2. The molecule has 2 aromatic carbocycles. The third-order valence-electron chi connectivity index (χ3n) is 3.75. The molecule has 2 aromatic rings. The Morgan fingerprint density at radius 2 is 1.79 bits per heavy atom. The average molecular weight is 328 g/mol. The van der Waals surface area contributed by atoms with Gasteiger partial charge in [-0.15, -0.1) is 0 Å². The molecule has 2 rings (SSSR count). The van der Waals surface area contributed by atoms with Crippen LogP contribution in [0.15, 0.2) is 48.5 Å². The standard InChI is InChI=1S/C19H24N2O3/c1-3-14(2)24-18-10-8-17(9-11-18)21-19(23)20-12-15-6-4-5-7-16(15)13-22/h4-11,14,22H,3,12-13H2,1-2H3,(H2,20,21,23). The highest BCUT2D eigenvalue weighted by Gasteiger charge is 2.05. The number of hydrogen-bond donors (Lipinski definition) is 3. The molecule has 0 aliphatic heterocycles. The molecule has 0 spiro atoms. The van der Waals surface area contributed by atoms with Gasteiger partial charge in [-0.3, -0.25) is 0 Å². The third kappa shape index (κ3) is 5.28. The summed E-state index contributed by atoms with van der Waals surface area (Å²) in [5.74, 6) is 0.784. The summed E-state index contributed by atoms with van der Waals surface area (Å²) in [6, 6.07) is 14.4. The molecule has 5 heteroatoms. The Labute approximate surface area is 142 Å².